The summed E-state index contributed by atoms with van der Waals surface area (Å²) in [7, 11) is 1.87. The van der Waals surface area contributed by atoms with Gasteiger partial charge < -0.3 is 14.2 Å². The van der Waals surface area contributed by atoms with Crippen molar-refractivity contribution >= 4 is 46.7 Å². The number of fused-ring (bicyclic) bond motifs is 1. The highest BCUT2D eigenvalue weighted by Gasteiger charge is 2.24. The number of thioether (sulfide) groups is 2. The van der Waals surface area contributed by atoms with E-state index < -0.39 is 0 Å². The molecule has 0 saturated heterocycles. The molecule has 0 bridgehead atoms. The SMILES string of the molecule is CC1CCN(C(=O)CSc2nnc(COc3ccccc3Cl)n2C)c2ccccc2S1. The minimum Gasteiger partial charge on any atom is -0.484 e. The first kappa shape index (κ1) is 22.0. The number of carbonyl (C=O) groups is 1. The summed E-state index contributed by atoms with van der Waals surface area (Å²) in [6, 6.07) is 15.4. The maximum atomic E-state index is 13.1. The van der Waals surface area contributed by atoms with Crippen LogP contribution in [-0.4, -0.2) is 38.2 Å². The van der Waals surface area contributed by atoms with Crippen LogP contribution in [0.3, 0.4) is 0 Å². The van der Waals surface area contributed by atoms with E-state index in [1.54, 1.807) is 6.07 Å². The fraction of sp³-hybridized carbons (Fsp3) is 0.318. The van der Waals surface area contributed by atoms with Crippen LogP contribution in [0.5, 0.6) is 5.75 Å². The molecule has 0 aliphatic carbocycles. The highest BCUT2D eigenvalue weighted by Crippen LogP contribution is 2.37. The zero-order valence-corrected chi connectivity index (χ0v) is 19.7. The molecule has 0 saturated carbocycles. The summed E-state index contributed by atoms with van der Waals surface area (Å²) >= 11 is 9.35. The Balaban J connectivity index is 1.39. The molecule has 4 rings (SSSR count). The molecular formula is C22H23ClN4O2S2. The lowest BCUT2D eigenvalue weighted by Crippen LogP contribution is -2.33. The molecular weight excluding hydrogens is 452 g/mol. The smallest absolute Gasteiger partial charge is 0.237 e. The molecule has 1 aliphatic rings. The molecule has 2 aromatic carbocycles. The molecule has 1 unspecified atom stereocenters. The van der Waals surface area contributed by atoms with Gasteiger partial charge in [0.25, 0.3) is 0 Å². The Morgan fingerprint density at radius 3 is 2.84 bits per heavy atom. The van der Waals surface area contributed by atoms with Crippen LogP contribution in [0.4, 0.5) is 5.69 Å². The Bertz CT molecular complexity index is 1080. The first-order chi connectivity index (χ1) is 15.0. The van der Waals surface area contributed by atoms with Crippen LogP contribution in [0.2, 0.25) is 5.02 Å². The van der Waals surface area contributed by atoms with Crippen LogP contribution in [0, 0.1) is 0 Å². The quantitative estimate of drug-likeness (QED) is 0.465. The number of rotatable bonds is 6. The van der Waals surface area contributed by atoms with E-state index in [-0.39, 0.29) is 12.5 Å². The molecule has 1 atom stereocenters. The zero-order chi connectivity index (χ0) is 21.8. The van der Waals surface area contributed by atoms with E-state index in [9.17, 15) is 4.79 Å². The summed E-state index contributed by atoms with van der Waals surface area (Å²) in [5, 5.41) is 10.1. The van der Waals surface area contributed by atoms with Crippen LogP contribution in [-0.2, 0) is 18.4 Å². The van der Waals surface area contributed by atoms with Crippen molar-refractivity contribution in [2.45, 2.75) is 35.3 Å². The van der Waals surface area contributed by atoms with Crippen molar-refractivity contribution in [1.29, 1.82) is 0 Å². The summed E-state index contributed by atoms with van der Waals surface area (Å²) in [5.41, 5.74) is 0.995. The fourth-order valence-corrected chi connectivity index (χ4v) is 5.36. The topological polar surface area (TPSA) is 60.3 Å². The number of aromatic nitrogens is 3. The Labute approximate surface area is 195 Å². The van der Waals surface area contributed by atoms with Gasteiger partial charge in [-0.2, -0.15) is 0 Å². The minimum absolute atomic E-state index is 0.0732. The van der Waals surface area contributed by atoms with Crippen molar-refractivity contribution in [3.63, 3.8) is 0 Å². The number of amides is 1. The Morgan fingerprint density at radius 2 is 2.00 bits per heavy atom. The number of carbonyl (C=O) groups excluding carboxylic acids is 1. The number of ether oxygens (including phenoxy) is 1. The lowest BCUT2D eigenvalue weighted by Gasteiger charge is -2.22. The average Bonchev–Trinajstić information content (AvgIpc) is 3.02. The number of benzene rings is 2. The molecule has 9 heteroatoms. The summed E-state index contributed by atoms with van der Waals surface area (Å²) in [4.78, 5) is 16.1. The van der Waals surface area contributed by atoms with Gasteiger partial charge in [-0.25, -0.2) is 0 Å². The van der Waals surface area contributed by atoms with Gasteiger partial charge in [0.2, 0.25) is 5.91 Å². The fourth-order valence-electron chi connectivity index (χ4n) is 3.25. The van der Waals surface area contributed by atoms with E-state index in [1.165, 1.54) is 11.8 Å². The normalized spacial score (nSPS) is 16.0. The van der Waals surface area contributed by atoms with Crippen molar-refractivity contribution in [3.8, 4) is 5.75 Å². The molecule has 2 heterocycles. The molecule has 1 amide bonds. The van der Waals surface area contributed by atoms with Crippen molar-refractivity contribution in [2.24, 2.45) is 7.05 Å². The van der Waals surface area contributed by atoms with Crippen LogP contribution >= 0.6 is 35.1 Å². The zero-order valence-electron chi connectivity index (χ0n) is 17.3. The molecule has 0 fully saturated rings. The van der Waals surface area contributed by atoms with E-state index in [0.29, 0.717) is 32.8 Å². The van der Waals surface area contributed by atoms with Gasteiger partial charge in [0, 0.05) is 23.7 Å². The highest BCUT2D eigenvalue weighted by molar-refractivity contribution is 8.00. The second-order valence-electron chi connectivity index (χ2n) is 7.20. The standard InChI is InChI=1S/C22H23ClN4O2S2/c1-15-11-12-27(17-8-4-6-10-19(17)31-15)21(28)14-30-22-25-24-20(26(22)2)13-29-18-9-5-3-7-16(18)23/h3-10,15H,11-14H2,1-2H3. The molecule has 1 aliphatic heterocycles. The second-order valence-corrected chi connectivity index (χ2v) is 10.0. The predicted octanol–water partition coefficient (Wildman–Crippen LogP) is 5.06. The minimum atomic E-state index is 0.0732. The van der Waals surface area contributed by atoms with E-state index in [2.05, 4.69) is 23.2 Å². The van der Waals surface area contributed by atoms with Gasteiger partial charge in [0.05, 0.1) is 16.5 Å². The largest absolute Gasteiger partial charge is 0.484 e. The summed E-state index contributed by atoms with van der Waals surface area (Å²) in [5.74, 6) is 1.64. The highest BCUT2D eigenvalue weighted by atomic mass is 35.5. The molecule has 3 aromatic rings. The third kappa shape index (κ3) is 5.19. The third-order valence-electron chi connectivity index (χ3n) is 4.99. The Hall–Kier alpha value is -2.16. The Kier molecular flexibility index (Phi) is 7.09. The molecule has 0 spiro atoms. The van der Waals surface area contributed by atoms with E-state index in [4.69, 9.17) is 16.3 Å². The van der Waals surface area contributed by atoms with Crippen molar-refractivity contribution in [1.82, 2.24) is 14.8 Å². The number of anilines is 1. The number of nitrogens with zero attached hydrogens (tertiary/aromatic N) is 4. The van der Waals surface area contributed by atoms with E-state index in [1.807, 2.05) is 64.7 Å². The monoisotopic (exact) mass is 474 g/mol. The number of para-hydroxylation sites is 2. The maximum Gasteiger partial charge on any atom is 0.237 e. The summed E-state index contributed by atoms with van der Waals surface area (Å²) in [6.45, 7) is 3.17. The van der Waals surface area contributed by atoms with Gasteiger partial charge in [-0.15, -0.1) is 22.0 Å². The van der Waals surface area contributed by atoms with Crippen LogP contribution < -0.4 is 9.64 Å². The first-order valence-electron chi connectivity index (χ1n) is 9.97. The molecule has 6 nitrogen and oxygen atoms in total. The van der Waals surface area contributed by atoms with Crippen LogP contribution in [0.1, 0.15) is 19.2 Å². The molecule has 0 radical (unpaired) electrons. The van der Waals surface area contributed by atoms with E-state index in [0.717, 1.165) is 23.5 Å². The van der Waals surface area contributed by atoms with Gasteiger partial charge in [0.15, 0.2) is 11.0 Å². The van der Waals surface area contributed by atoms with Crippen LogP contribution in [0.25, 0.3) is 0 Å². The van der Waals surface area contributed by atoms with Gasteiger partial charge in [0.1, 0.15) is 12.4 Å². The second kappa shape index (κ2) is 9.97. The van der Waals surface area contributed by atoms with Crippen molar-refractivity contribution in [3.05, 3.63) is 59.4 Å². The maximum absolute atomic E-state index is 13.1. The van der Waals surface area contributed by atoms with Crippen molar-refractivity contribution in [2.75, 3.05) is 17.2 Å². The lowest BCUT2D eigenvalue weighted by atomic mass is 10.2. The predicted molar refractivity (Wildman–Crippen MR) is 126 cm³/mol. The third-order valence-corrected chi connectivity index (χ3v) is 7.54. The summed E-state index contributed by atoms with van der Waals surface area (Å²) < 4.78 is 7.61. The van der Waals surface area contributed by atoms with Gasteiger partial charge in [-0.1, -0.05) is 54.6 Å². The van der Waals surface area contributed by atoms with Crippen molar-refractivity contribution < 1.29 is 9.53 Å². The first-order valence-corrected chi connectivity index (χ1v) is 12.2. The molecule has 162 valence electrons. The van der Waals surface area contributed by atoms with Gasteiger partial charge >= 0.3 is 0 Å². The van der Waals surface area contributed by atoms with Crippen LogP contribution in [0.15, 0.2) is 58.6 Å². The Morgan fingerprint density at radius 1 is 1.23 bits per heavy atom. The average molecular weight is 475 g/mol. The number of hydrogen-bond acceptors (Lipinski definition) is 6. The molecule has 0 N–H and O–H groups in total. The molecule has 31 heavy (non-hydrogen) atoms. The number of hydrogen-bond donors (Lipinski definition) is 0. The van der Waals surface area contributed by atoms with Gasteiger partial charge in [-0.05, 0) is 30.7 Å². The van der Waals surface area contributed by atoms with E-state index >= 15 is 0 Å². The lowest BCUT2D eigenvalue weighted by molar-refractivity contribution is -0.116. The number of halogens is 1. The van der Waals surface area contributed by atoms with Gasteiger partial charge in [-0.3, -0.25) is 4.79 Å². The summed E-state index contributed by atoms with van der Waals surface area (Å²) in [6.07, 6.45) is 0.962. The molecule has 1 aromatic heterocycles.